The molecule has 0 bridgehead atoms. The van der Waals surface area contributed by atoms with Crippen LogP contribution in [0.15, 0.2) is 79.0 Å². The second-order valence-corrected chi connectivity index (χ2v) is 5.49. The zero-order valence-corrected chi connectivity index (χ0v) is 12.7. The Bertz CT molecular complexity index is 1030. The summed E-state index contributed by atoms with van der Waals surface area (Å²) in [6.45, 7) is 0. The van der Waals surface area contributed by atoms with Crippen LogP contribution in [0.25, 0.3) is 27.7 Å². The highest BCUT2D eigenvalue weighted by Crippen LogP contribution is 2.30. The summed E-state index contributed by atoms with van der Waals surface area (Å²) in [6, 6.07) is 23.0. The van der Waals surface area contributed by atoms with E-state index in [1.807, 2.05) is 72.8 Å². The van der Waals surface area contributed by atoms with E-state index in [4.69, 9.17) is 0 Å². The molecule has 0 aliphatic rings. The van der Waals surface area contributed by atoms with Crippen LogP contribution in [-0.2, 0) is 0 Å². The molecule has 4 rings (SSSR count). The predicted molar refractivity (Wildman–Crippen MR) is 90.8 cm³/mol. The SMILES string of the molecule is O=C([O-])c1cn(-c2ccccc2)nc1-c1cccc2ccccc12. The van der Waals surface area contributed by atoms with Gasteiger partial charge in [0.15, 0.2) is 0 Å². The average molecular weight is 313 g/mol. The molecule has 0 saturated carbocycles. The van der Waals surface area contributed by atoms with Crippen molar-refractivity contribution in [2.75, 3.05) is 0 Å². The van der Waals surface area contributed by atoms with Crippen molar-refractivity contribution < 1.29 is 9.90 Å². The van der Waals surface area contributed by atoms with Crippen LogP contribution in [-0.4, -0.2) is 15.7 Å². The molecule has 0 spiro atoms. The van der Waals surface area contributed by atoms with E-state index in [0.717, 1.165) is 22.0 Å². The number of carbonyl (C=O) groups is 1. The zero-order valence-electron chi connectivity index (χ0n) is 12.7. The van der Waals surface area contributed by atoms with Crippen molar-refractivity contribution in [3.05, 3.63) is 84.6 Å². The second-order valence-electron chi connectivity index (χ2n) is 5.49. The molecule has 3 aromatic carbocycles. The summed E-state index contributed by atoms with van der Waals surface area (Å²) in [4.78, 5) is 11.6. The highest BCUT2D eigenvalue weighted by Gasteiger charge is 2.15. The van der Waals surface area contributed by atoms with Crippen LogP contribution < -0.4 is 5.11 Å². The Kier molecular flexibility index (Phi) is 3.35. The topological polar surface area (TPSA) is 57.9 Å². The number of nitrogens with zero attached hydrogens (tertiary/aromatic N) is 2. The van der Waals surface area contributed by atoms with E-state index in [0.29, 0.717) is 5.69 Å². The fraction of sp³-hybridized carbons (Fsp3) is 0. The minimum absolute atomic E-state index is 0.0789. The Morgan fingerprint density at radius 1 is 0.875 bits per heavy atom. The van der Waals surface area contributed by atoms with Gasteiger partial charge < -0.3 is 9.90 Å². The monoisotopic (exact) mass is 313 g/mol. The minimum atomic E-state index is -1.24. The Balaban J connectivity index is 1.97. The van der Waals surface area contributed by atoms with Gasteiger partial charge in [-0.25, -0.2) is 4.68 Å². The first-order valence-electron chi connectivity index (χ1n) is 7.58. The van der Waals surface area contributed by atoms with Crippen LogP contribution in [0.1, 0.15) is 10.4 Å². The van der Waals surface area contributed by atoms with E-state index in [2.05, 4.69) is 5.10 Å². The number of hydrogen-bond acceptors (Lipinski definition) is 3. The lowest BCUT2D eigenvalue weighted by Gasteiger charge is -2.07. The Labute approximate surface area is 138 Å². The third-order valence-corrected chi connectivity index (χ3v) is 4.00. The number of carboxylic acids is 1. The minimum Gasteiger partial charge on any atom is -0.545 e. The molecule has 0 radical (unpaired) electrons. The summed E-state index contributed by atoms with van der Waals surface area (Å²) < 4.78 is 1.57. The first kappa shape index (κ1) is 14.2. The number of aromatic carboxylic acids is 1. The van der Waals surface area contributed by atoms with Crippen LogP contribution in [0.3, 0.4) is 0 Å². The van der Waals surface area contributed by atoms with Crippen molar-refractivity contribution in [3.8, 4) is 16.9 Å². The van der Waals surface area contributed by atoms with Gasteiger partial charge in [0, 0.05) is 17.3 Å². The maximum atomic E-state index is 11.6. The van der Waals surface area contributed by atoms with Crippen molar-refractivity contribution in [1.29, 1.82) is 0 Å². The van der Waals surface area contributed by atoms with Gasteiger partial charge in [0.1, 0.15) is 5.69 Å². The Hall–Kier alpha value is -3.40. The van der Waals surface area contributed by atoms with Crippen molar-refractivity contribution >= 4 is 16.7 Å². The van der Waals surface area contributed by atoms with Crippen molar-refractivity contribution in [3.63, 3.8) is 0 Å². The van der Waals surface area contributed by atoms with E-state index in [1.54, 1.807) is 4.68 Å². The van der Waals surface area contributed by atoms with Gasteiger partial charge in [-0.15, -0.1) is 0 Å². The van der Waals surface area contributed by atoms with Gasteiger partial charge in [-0.1, -0.05) is 60.7 Å². The third kappa shape index (κ3) is 2.34. The molecule has 0 N–H and O–H groups in total. The number of benzene rings is 3. The predicted octanol–water partition coefficient (Wildman–Crippen LogP) is 3.06. The fourth-order valence-electron chi connectivity index (χ4n) is 2.87. The van der Waals surface area contributed by atoms with E-state index in [9.17, 15) is 9.90 Å². The van der Waals surface area contributed by atoms with Crippen LogP contribution in [0.5, 0.6) is 0 Å². The summed E-state index contributed by atoms with van der Waals surface area (Å²) in [5.74, 6) is -1.24. The number of rotatable bonds is 3. The summed E-state index contributed by atoms with van der Waals surface area (Å²) in [7, 11) is 0. The van der Waals surface area contributed by atoms with Crippen molar-refractivity contribution in [1.82, 2.24) is 9.78 Å². The maximum absolute atomic E-state index is 11.6. The normalized spacial score (nSPS) is 10.8. The smallest absolute Gasteiger partial charge is 0.102 e. The van der Waals surface area contributed by atoms with Crippen molar-refractivity contribution in [2.24, 2.45) is 0 Å². The van der Waals surface area contributed by atoms with Gasteiger partial charge in [-0.3, -0.25) is 0 Å². The molecule has 4 nitrogen and oxygen atoms in total. The highest BCUT2D eigenvalue weighted by molar-refractivity contribution is 6.01. The number of fused-ring (bicyclic) bond motifs is 1. The van der Waals surface area contributed by atoms with E-state index >= 15 is 0 Å². The molecule has 0 aliphatic heterocycles. The van der Waals surface area contributed by atoms with Crippen LogP contribution >= 0.6 is 0 Å². The molecule has 1 heterocycles. The zero-order chi connectivity index (χ0) is 16.5. The van der Waals surface area contributed by atoms with Crippen LogP contribution in [0.2, 0.25) is 0 Å². The standard InChI is InChI=1S/C20H14N2O2/c23-20(24)18-13-22(15-9-2-1-3-10-15)21-19(18)17-12-6-8-14-7-4-5-11-16(14)17/h1-13H,(H,23,24)/p-1. The fourth-order valence-corrected chi connectivity index (χ4v) is 2.87. The molecule has 4 heteroatoms. The quantitative estimate of drug-likeness (QED) is 0.584. The molecule has 0 amide bonds. The summed E-state index contributed by atoms with van der Waals surface area (Å²) in [6.07, 6.45) is 1.50. The highest BCUT2D eigenvalue weighted by atomic mass is 16.4. The van der Waals surface area contributed by atoms with Gasteiger partial charge >= 0.3 is 0 Å². The number of carboxylic acid groups (broad SMARTS) is 1. The summed E-state index contributed by atoms with van der Waals surface area (Å²) in [5.41, 5.74) is 2.07. The first-order valence-corrected chi connectivity index (χ1v) is 7.58. The van der Waals surface area contributed by atoms with Crippen LogP contribution in [0.4, 0.5) is 0 Å². The molecule has 0 saturated heterocycles. The number of aromatic nitrogens is 2. The van der Waals surface area contributed by atoms with Crippen LogP contribution in [0, 0.1) is 0 Å². The number of para-hydroxylation sites is 1. The maximum Gasteiger partial charge on any atom is 0.102 e. The molecule has 24 heavy (non-hydrogen) atoms. The van der Waals surface area contributed by atoms with E-state index < -0.39 is 5.97 Å². The lowest BCUT2D eigenvalue weighted by molar-refractivity contribution is -0.254. The van der Waals surface area contributed by atoms with Gasteiger partial charge in [-0.2, -0.15) is 5.10 Å². The van der Waals surface area contributed by atoms with Gasteiger partial charge in [0.25, 0.3) is 0 Å². The van der Waals surface area contributed by atoms with Gasteiger partial charge in [0.2, 0.25) is 0 Å². The van der Waals surface area contributed by atoms with E-state index in [-0.39, 0.29) is 5.56 Å². The Morgan fingerprint density at radius 2 is 1.58 bits per heavy atom. The molecule has 0 aliphatic carbocycles. The number of carbonyl (C=O) groups excluding carboxylic acids is 1. The lowest BCUT2D eigenvalue weighted by Crippen LogP contribution is -2.22. The summed E-state index contributed by atoms with van der Waals surface area (Å²) >= 11 is 0. The average Bonchev–Trinajstić information content (AvgIpc) is 3.07. The largest absolute Gasteiger partial charge is 0.545 e. The third-order valence-electron chi connectivity index (χ3n) is 4.00. The number of hydrogen-bond donors (Lipinski definition) is 0. The van der Waals surface area contributed by atoms with Gasteiger partial charge in [-0.05, 0) is 22.9 Å². The Morgan fingerprint density at radius 3 is 2.38 bits per heavy atom. The van der Waals surface area contributed by atoms with Crippen molar-refractivity contribution in [2.45, 2.75) is 0 Å². The molecule has 4 aromatic rings. The van der Waals surface area contributed by atoms with Gasteiger partial charge in [0.05, 0.1) is 11.7 Å². The second kappa shape index (κ2) is 5.66. The molecule has 0 unspecified atom stereocenters. The van der Waals surface area contributed by atoms with E-state index in [1.165, 1.54) is 6.20 Å². The molecule has 1 aromatic heterocycles. The molecule has 0 fully saturated rings. The summed E-state index contributed by atoms with van der Waals surface area (Å²) in [5, 5.41) is 18.1. The molecule has 116 valence electrons. The molecule has 0 atom stereocenters. The first-order chi connectivity index (χ1) is 11.7. The molecular weight excluding hydrogens is 300 g/mol. The molecular formula is C20H13N2O2-. The lowest BCUT2D eigenvalue weighted by atomic mass is 10.0.